The zero-order valence-corrected chi connectivity index (χ0v) is 11.7. The molecule has 0 bridgehead atoms. The normalized spacial score (nSPS) is 10.1. The molecule has 0 aliphatic heterocycles. The quantitative estimate of drug-likeness (QED) is 0.819. The summed E-state index contributed by atoms with van der Waals surface area (Å²) in [7, 11) is 0. The smallest absolute Gasteiger partial charge is 0.269 e. The molecule has 0 atom stereocenters. The Labute approximate surface area is 110 Å². The van der Waals surface area contributed by atoms with Crippen molar-refractivity contribution in [3.8, 4) is 0 Å². The molecular formula is C13H17BrN2O. The number of rotatable bonds is 5. The molecule has 0 spiro atoms. The molecule has 1 aromatic rings. The van der Waals surface area contributed by atoms with Gasteiger partial charge >= 0.3 is 0 Å². The van der Waals surface area contributed by atoms with E-state index in [0.717, 1.165) is 16.6 Å². The first-order valence-corrected chi connectivity index (χ1v) is 6.28. The minimum absolute atomic E-state index is 0.164. The van der Waals surface area contributed by atoms with Gasteiger partial charge in [-0.3, -0.25) is 10.2 Å². The zero-order chi connectivity index (χ0) is 12.8. The van der Waals surface area contributed by atoms with Crippen molar-refractivity contribution in [2.45, 2.75) is 20.3 Å². The van der Waals surface area contributed by atoms with Crippen molar-refractivity contribution in [3.05, 3.63) is 46.6 Å². The summed E-state index contributed by atoms with van der Waals surface area (Å²) in [6.45, 7) is 8.04. The first kappa shape index (κ1) is 13.8. The SMILES string of the molecule is C=C(CC(C)C)NNC(=O)c1ccc(Br)cc1. The van der Waals surface area contributed by atoms with E-state index in [1.54, 1.807) is 12.1 Å². The van der Waals surface area contributed by atoms with Crippen LogP contribution < -0.4 is 10.9 Å². The highest BCUT2D eigenvalue weighted by Gasteiger charge is 2.05. The number of nitrogens with one attached hydrogen (secondary N) is 2. The van der Waals surface area contributed by atoms with Crippen LogP contribution in [0, 0.1) is 5.92 Å². The summed E-state index contributed by atoms with van der Waals surface area (Å²) in [4.78, 5) is 11.7. The van der Waals surface area contributed by atoms with Crippen LogP contribution in [0.25, 0.3) is 0 Å². The summed E-state index contributed by atoms with van der Waals surface area (Å²) < 4.78 is 0.950. The van der Waals surface area contributed by atoms with E-state index in [2.05, 4.69) is 47.2 Å². The molecule has 3 nitrogen and oxygen atoms in total. The zero-order valence-electron chi connectivity index (χ0n) is 10.1. The van der Waals surface area contributed by atoms with Gasteiger partial charge in [0.15, 0.2) is 0 Å². The molecule has 0 saturated carbocycles. The van der Waals surface area contributed by atoms with E-state index in [1.165, 1.54) is 0 Å². The molecule has 17 heavy (non-hydrogen) atoms. The van der Waals surface area contributed by atoms with Gasteiger partial charge in [-0.2, -0.15) is 0 Å². The number of carbonyl (C=O) groups excluding carboxylic acids is 1. The lowest BCUT2D eigenvalue weighted by molar-refractivity contribution is 0.0938. The van der Waals surface area contributed by atoms with Gasteiger partial charge in [0, 0.05) is 15.7 Å². The van der Waals surface area contributed by atoms with E-state index in [1.807, 2.05) is 12.1 Å². The molecule has 2 N–H and O–H groups in total. The summed E-state index contributed by atoms with van der Waals surface area (Å²) in [6.07, 6.45) is 0.834. The highest BCUT2D eigenvalue weighted by atomic mass is 79.9. The average Bonchev–Trinajstić information content (AvgIpc) is 2.26. The lowest BCUT2D eigenvalue weighted by Crippen LogP contribution is -2.36. The summed E-state index contributed by atoms with van der Waals surface area (Å²) >= 11 is 3.32. The molecule has 92 valence electrons. The Kier molecular flexibility index (Phi) is 5.22. The maximum absolute atomic E-state index is 11.7. The van der Waals surface area contributed by atoms with Crippen LogP contribution in [0.3, 0.4) is 0 Å². The number of carbonyl (C=O) groups is 1. The number of hydrogen-bond donors (Lipinski definition) is 2. The molecule has 0 saturated heterocycles. The Morgan fingerprint density at radius 1 is 1.29 bits per heavy atom. The predicted octanol–water partition coefficient (Wildman–Crippen LogP) is 3.24. The average molecular weight is 297 g/mol. The van der Waals surface area contributed by atoms with Crippen molar-refractivity contribution in [1.29, 1.82) is 0 Å². The fourth-order valence-electron chi connectivity index (χ4n) is 1.36. The minimum Gasteiger partial charge on any atom is -0.303 e. The number of hydrogen-bond acceptors (Lipinski definition) is 2. The Hall–Kier alpha value is -1.29. The summed E-state index contributed by atoms with van der Waals surface area (Å²) in [5.41, 5.74) is 6.86. The maximum Gasteiger partial charge on any atom is 0.269 e. The second-order valence-corrected chi connectivity index (χ2v) is 5.20. The minimum atomic E-state index is -0.164. The Bertz CT molecular complexity index is 398. The van der Waals surface area contributed by atoms with E-state index in [-0.39, 0.29) is 5.91 Å². The molecule has 0 fully saturated rings. The molecular weight excluding hydrogens is 280 g/mol. The summed E-state index contributed by atoms with van der Waals surface area (Å²) in [6, 6.07) is 7.17. The van der Waals surface area contributed by atoms with Crippen LogP contribution in [0.2, 0.25) is 0 Å². The van der Waals surface area contributed by atoms with Gasteiger partial charge in [-0.15, -0.1) is 0 Å². The van der Waals surface area contributed by atoms with E-state index < -0.39 is 0 Å². The molecule has 4 heteroatoms. The van der Waals surface area contributed by atoms with Gasteiger partial charge in [-0.25, -0.2) is 0 Å². The highest BCUT2D eigenvalue weighted by Crippen LogP contribution is 2.10. The van der Waals surface area contributed by atoms with Gasteiger partial charge in [0.2, 0.25) is 0 Å². The van der Waals surface area contributed by atoms with E-state index in [9.17, 15) is 4.79 Å². The van der Waals surface area contributed by atoms with Crippen molar-refractivity contribution < 1.29 is 4.79 Å². The molecule has 1 aromatic carbocycles. The fraction of sp³-hybridized carbons (Fsp3) is 0.308. The molecule has 0 aromatic heterocycles. The van der Waals surface area contributed by atoms with Crippen molar-refractivity contribution in [3.63, 3.8) is 0 Å². The molecule has 0 unspecified atom stereocenters. The molecule has 0 heterocycles. The van der Waals surface area contributed by atoms with Gasteiger partial charge in [-0.05, 0) is 36.6 Å². The number of hydrazine groups is 1. The molecule has 0 aliphatic carbocycles. The second kappa shape index (κ2) is 6.45. The van der Waals surface area contributed by atoms with Gasteiger partial charge in [0.05, 0.1) is 0 Å². The molecule has 0 aliphatic rings. The topological polar surface area (TPSA) is 41.1 Å². The lowest BCUT2D eigenvalue weighted by atomic mass is 10.1. The third kappa shape index (κ3) is 5.04. The highest BCUT2D eigenvalue weighted by molar-refractivity contribution is 9.10. The van der Waals surface area contributed by atoms with Crippen LogP contribution in [-0.2, 0) is 0 Å². The first-order chi connectivity index (χ1) is 7.99. The number of benzene rings is 1. The van der Waals surface area contributed by atoms with E-state index in [0.29, 0.717) is 11.5 Å². The van der Waals surface area contributed by atoms with Crippen molar-refractivity contribution >= 4 is 21.8 Å². The largest absolute Gasteiger partial charge is 0.303 e. The monoisotopic (exact) mass is 296 g/mol. The van der Waals surface area contributed by atoms with E-state index in [4.69, 9.17) is 0 Å². The maximum atomic E-state index is 11.7. The fourth-order valence-corrected chi connectivity index (χ4v) is 1.63. The Morgan fingerprint density at radius 2 is 1.88 bits per heavy atom. The Balaban J connectivity index is 2.45. The van der Waals surface area contributed by atoms with E-state index >= 15 is 0 Å². The van der Waals surface area contributed by atoms with Gasteiger partial charge < -0.3 is 5.43 Å². The first-order valence-electron chi connectivity index (χ1n) is 5.48. The Morgan fingerprint density at radius 3 is 2.41 bits per heavy atom. The molecule has 0 radical (unpaired) electrons. The summed E-state index contributed by atoms with van der Waals surface area (Å²) in [5, 5.41) is 0. The van der Waals surface area contributed by atoms with Crippen LogP contribution in [-0.4, -0.2) is 5.91 Å². The van der Waals surface area contributed by atoms with Crippen molar-refractivity contribution in [2.75, 3.05) is 0 Å². The van der Waals surface area contributed by atoms with Crippen LogP contribution >= 0.6 is 15.9 Å². The predicted molar refractivity (Wildman–Crippen MR) is 73.3 cm³/mol. The number of amides is 1. The van der Waals surface area contributed by atoms with Crippen LogP contribution in [0.15, 0.2) is 41.0 Å². The second-order valence-electron chi connectivity index (χ2n) is 4.29. The standard InChI is InChI=1S/C13H17BrN2O/c1-9(2)8-10(3)15-16-13(17)11-4-6-12(14)7-5-11/h4-7,9,15H,3,8H2,1-2H3,(H,16,17). The van der Waals surface area contributed by atoms with Crippen LogP contribution in [0.4, 0.5) is 0 Å². The van der Waals surface area contributed by atoms with Gasteiger partial charge in [-0.1, -0.05) is 36.4 Å². The van der Waals surface area contributed by atoms with Crippen LogP contribution in [0.5, 0.6) is 0 Å². The summed E-state index contributed by atoms with van der Waals surface area (Å²) in [5.74, 6) is 0.349. The number of halogens is 1. The molecule has 1 rings (SSSR count). The van der Waals surface area contributed by atoms with Crippen LogP contribution in [0.1, 0.15) is 30.6 Å². The van der Waals surface area contributed by atoms with Gasteiger partial charge in [0.25, 0.3) is 5.91 Å². The third-order valence-electron chi connectivity index (χ3n) is 2.11. The van der Waals surface area contributed by atoms with Gasteiger partial charge in [0.1, 0.15) is 0 Å². The van der Waals surface area contributed by atoms with Crippen molar-refractivity contribution in [1.82, 2.24) is 10.9 Å². The number of allylic oxidation sites excluding steroid dienone is 1. The third-order valence-corrected chi connectivity index (χ3v) is 2.64. The lowest BCUT2D eigenvalue weighted by Gasteiger charge is -2.12. The molecule has 1 amide bonds. The van der Waals surface area contributed by atoms with Crippen molar-refractivity contribution in [2.24, 2.45) is 5.92 Å².